The van der Waals surface area contributed by atoms with Gasteiger partial charge in [-0.05, 0) is 32.0 Å². The van der Waals surface area contributed by atoms with E-state index in [0.717, 1.165) is 29.3 Å². The summed E-state index contributed by atoms with van der Waals surface area (Å²) in [6.45, 7) is 6.39. The van der Waals surface area contributed by atoms with Crippen LogP contribution in [0.25, 0.3) is 0 Å². The van der Waals surface area contributed by atoms with Crippen LogP contribution in [0.3, 0.4) is 0 Å². The lowest BCUT2D eigenvalue weighted by atomic mass is 10.3. The van der Waals surface area contributed by atoms with E-state index in [-0.39, 0.29) is 5.69 Å². The van der Waals surface area contributed by atoms with E-state index in [1.165, 1.54) is 11.8 Å². The summed E-state index contributed by atoms with van der Waals surface area (Å²) in [5.74, 6) is 6.83. The molecule has 0 amide bonds. The number of aromatic amines is 1. The minimum absolute atomic E-state index is 0.224. The molecule has 0 unspecified atom stereocenters. The molecule has 2 aromatic rings. The zero-order chi connectivity index (χ0) is 15.4. The molecule has 8 nitrogen and oxygen atoms in total. The number of aryl methyl sites for hydroxylation is 1. The van der Waals surface area contributed by atoms with Gasteiger partial charge >= 0.3 is 5.69 Å². The summed E-state index contributed by atoms with van der Waals surface area (Å²) >= 11 is 1.33. The molecule has 0 bridgehead atoms. The van der Waals surface area contributed by atoms with Gasteiger partial charge in [0.1, 0.15) is 16.7 Å². The third-order valence-corrected chi connectivity index (χ3v) is 4.07. The predicted octanol–water partition coefficient (Wildman–Crippen LogP) is 1.08. The highest BCUT2D eigenvalue weighted by atomic mass is 32.2. The second-order valence-electron chi connectivity index (χ2n) is 4.47. The van der Waals surface area contributed by atoms with Crippen LogP contribution in [0.5, 0.6) is 0 Å². The molecule has 0 saturated heterocycles. The number of hydrogen-bond acceptors (Lipinski definition) is 7. The van der Waals surface area contributed by atoms with E-state index in [1.807, 2.05) is 13.8 Å². The molecule has 0 atom stereocenters. The summed E-state index contributed by atoms with van der Waals surface area (Å²) in [4.78, 5) is 20.5. The van der Waals surface area contributed by atoms with Crippen molar-refractivity contribution in [1.29, 1.82) is 0 Å². The molecule has 0 aliphatic carbocycles. The van der Waals surface area contributed by atoms with Crippen LogP contribution < -0.4 is 17.0 Å². The summed E-state index contributed by atoms with van der Waals surface area (Å²) in [5, 5.41) is 7.80. The van der Waals surface area contributed by atoms with Crippen molar-refractivity contribution in [3.63, 3.8) is 0 Å². The van der Waals surface area contributed by atoms with Gasteiger partial charge in [0.25, 0.3) is 0 Å². The lowest BCUT2D eigenvalue weighted by Crippen LogP contribution is -2.16. The number of nitrogen functional groups attached to an aromatic ring is 1. The van der Waals surface area contributed by atoms with Crippen LogP contribution in [-0.2, 0) is 13.0 Å². The van der Waals surface area contributed by atoms with Crippen molar-refractivity contribution in [2.45, 2.75) is 50.3 Å². The van der Waals surface area contributed by atoms with Crippen LogP contribution in [0.2, 0.25) is 0 Å². The third kappa shape index (κ3) is 3.24. The number of anilines is 1. The Morgan fingerprint density at radius 3 is 2.76 bits per heavy atom. The number of nitrogens with zero attached hydrogens (tertiary/aromatic N) is 4. The zero-order valence-corrected chi connectivity index (χ0v) is 13.1. The third-order valence-electron chi connectivity index (χ3n) is 2.99. The van der Waals surface area contributed by atoms with Crippen LogP contribution >= 0.6 is 11.8 Å². The first-order chi connectivity index (χ1) is 10.1. The predicted molar refractivity (Wildman–Crippen MR) is 81.2 cm³/mol. The summed E-state index contributed by atoms with van der Waals surface area (Å²) in [5.41, 5.74) is 3.20. The van der Waals surface area contributed by atoms with Crippen molar-refractivity contribution < 1.29 is 0 Å². The smallest absolute Gasteiger partial charge is 0.308 e. The number of nitrogens with one attached hydrogen (secondary N) is 2. The first-order valence-electron chi connectivity index (χ1n) is 6.77. The molecule has 0 aliphatic heterocycles. The number of nitrogens with two attached hydrogens (primary N) is 1. The quantitative estimate of drug-likeness (QED) is 0.415. The molecular weight excluding hydrogens is 290 g/mol. The molecule has 114 valence electrons. The van der Waals surface area contributed by atoms with Gasteiger partial charge in [0.05, 0.1) is 0 Å². The minimum atomic E-state index is -0.224. The summed E-state index contributed by atoms with van der Waals surface area (Å²) in [7, 11) is 0. The monoisotopic (exact) mass is 309 g/mol. The van der Waals surface area contributed by atoms with Gasteiger partial charge in [-0.2, -0.15) is 0 Å². The number of hydrazine groups is 1. The van der Waals surface area contributed by atoms with E-state index in [9.17, 15) is 4.79 Å². The minimum Gasteiger partial charge on any atom is -0.308 e. The number of H-pyrrole nitrogens is 1. The fraction of sp³-hybridized carbons (Fsp3) is 0.500. The van der Waals surface area contributed by atoms with Crippen LogP contribution in [0.1, 0.15) is 31.7 Å². The van der Waals surface area contributed by atoms with Gasteiger partial charge in [-0.1, -0.05) is 6.92 Å². The molecule has 0 radical (unpaired) electrons. The summed E-state index contributed by atoms with van der Waals surface area (Å²) in [6, 6.07) is 0. The molecule has 0 fully saturated rings. The van der Waals surface area contributed by atoms with Crippen molar-refractivity contribution in [1.82, 2.24) is 24.7 Å². The molecule has 4 N–H and O–H groups in total. The first kappa shape index (κ1) is 15.5. The van der Waals surface area contributed by atoms with Gasteiger partial charge in [0.15, 0.2) is 5.16 Å². The number of rotatable bonds is 6. The van der Waals surface area contributed by atoms with Crippen molar-refractivity contribution in [3.8, 4) is 0 Å². The SMILES string of the molecule is CCCc1nc(NN)c(C)c(Sc2n[nH]c(=O)n2CC)n1. The molecule has 2 aromatic heterocycles. The largest absolute Gasteiger partial charge is 0.343 e. The van der Waals surface area contributed by atoms with Crippen molar-refractivity contribution in [2.75, 3.05) is 5.43 Å². The van der Waals surface area contributed by atoms with Crippen molar-refractivity contribution in [2.24, 2.45) is 5.84 Å². The molecule has 21 heavy (non-hydrogen) atoms. The van der Waals surface area contributed by atoms with Crippen molar-refractivity contribution in [3.05, 3.63) is 21.9 Å². The van der Waals surface area contributed by atoms with Crippen LogP contribution in [0.4, 0.5) is 5.82 Å². The second-order valence-corrected chi connectivity index (χ2v) is 5.43. The average Bonchev–Trinajstić information content (AvgIpc) is 2.82. The van der Waals surface area contributed by atoms with Crippen LogP contribution in [-0.4, -0.2) is 24.7 Å². The van der Waals surface area contributed by atoms with Gasteiger partial charge in [-0.25, -0.2) is 25.7 Å². The Hall–Kier alpha value is -1.87. The molecule has 0 aromatic carbocycles. The topological polar surface area (TPSA) is 115 Å². The molecule has 9 heteroatoms. The highest BCUT2D eigenvalue weighted by Crippen LogP contribution is 2.29. The normalized spacial score (nSPS) is 10.9. The number of hydrogen-bond donors (Lipinski definition) is 3. The molecule has 0 spiro atoms. The lowest BCUT2D eigenvalue weighted by Gasteiger charge is -2.11. The van der Waals surface area contributed by atoms with Crippen LogP contribution in [0, 0.1) is 6.92 Å². The van der Waals surface area contributed by atoms with Gasteiger partial charge in [-0.3, -0.25) is 4.57 Å². The zero-order valence-electron chi connectivity index (χ0n) is 12.3. The second kappa shape index (κ2) is 6.72. The Labute approximate surface area is 126 Å². The summed E-state index contributed by atoms with van der Waals surface area (Å²) in [6.07, 6.45) is 1.71. The van der Waals surface area contributed by atoms with Gasteiger partial charge in [-0.15, -0.1) is 5.10 Å². The maximum absolute atomic E-state index is 11.6. The van der Waals surface area contributed by atoms with E-state index < -0.39 is 0 Å². The maximum Gasteiger partial charge on any atom is 0.343 e. The van der Waals surface area contributed by atoms with Gasteiger partial charge in [0.2, 0.25) is 0 Å². The molecular formula is C12H19N7OS. The van der Waals surface area contributed by atoms with E-state index in [2.05, 4.69) is 32.5 Å². The van der Waals surface area contributed by atoms with Gasteiger partial charge in [0, 0.05) is 18.5 Å². The van der Waals surface area contributed by atoms with Gasteiger partial charge < -0.3 is 5.43 Å². The van der Waals surface area contributed by atoms with E-state index in [4.69, 9.17) is 5.84 Å². The fourth-order valence-corrected chi connectivity index (χ4v) is 2.85. The highest BCUT2D eigenvalue weighted by molar-refractivity contribution is 7.99. The van der Waals surface area contributed by atoms with E-state index in [1.54, 1.807) is 4.57 Å². The lowest BCUT2D eigenvalue weighted by molar-refractivity contribution is 0.659. The highest BCUT2D eigenvalue weighted by Gasteiger charge is 2.15. The van der Waals surface area contributed by atoms with Crippen LogP contribution in [0.15, 0.2) is 15.0 Å². The van der Waals surface area contributed by atoms with Crippen molar-refractivity contribution >= 4 is 17.6 Å². The Bertz CT molecular complexity index is 679. The number of aromatic nitrogens is 5. The Balaban J connectivity index is 2.42. The summed E-state index contributed by atoms with van der Waals surface area (Å²) < 4.78 is 1.56. The Morgan fingerprint density at radius 2 is 2.14 bits per heavy atom. The molecule has 0 aliphatic rings. The Morgan fingerprint density at radius 1 is 1.38 bits per heavy atom. The molecule has 0 saturated carbocycles. The molecule has 2 heterocycles. The maximum atomic E-state index is 11.6. The standard InChI is InChI=1S/C12H19N7OS/c1-4-6-8-14-9(16-13)7(3)10(15-8)21-12-18-17-11(20)19(12)5-2/h4-6,13H2,1-3H3,(H,17,20)(H,14,15,16). The van der Waals surface area contributed by atoms with E-state index in [0.29, 0.717) is 17.5 Å². The van der Waals surface area contributed by atoms with E-state index >= 15 is 0 Å². The molecule has 2 rings (SSSR count). The fourth-order valence-electron chi connectivity index (χ4n) is 1.86. The Kier molecular flexibility index (Phi) is 4.97. The average molecular weight is 309 g/mol. The first-order valence-corrected chi connectivity index (χ1v) is 7.59.